The molecule has 1 aromatic heterocycles. The number of benzene rings is 2. The Bertz CT molecular complexity index is 1110. The molecule has 33 heavy (non-hydrogen) atoms. The van der Waals surface area contributed by atoms with E-state index in [1.165, 1.54) is 11.1 Å². The summed E-state index contributed by atoms with van der Waals surface area (Å²) in [4.78, 5) is 9.07. The van der Waals surface area contributed by atoms with Crippen molar-refractivity contribution < 1.29 is 9.84 Å². The highest BCUT2D eigenvalue weighted by atomic mass is 35.5. The van der Waals surface area contributed by atoms with Crippen molar-refractivity contribution in [1.29, 1.82) is 0 Å². The zero-order chi connectivity index (χ0) is 23.4. The fraction of sp³-hybridized carbons (Fsp3) is 0.385. The number of anilines is 2. The lowest BCUT2D eigenvalue weighted by atomic mass is 9.87. The number of hydrogen-bond acceptors (Lipinski definition) is 6. The number of aliphatic hydroxyl groups is 1. The van der Waals surface area contributed by atoms with Gasteiger partial charge in [-0.3, -0.25) is 0 Å². The van der Waals surface area contributed by atoms with Gasteiger partial charge in [0, 0.05) is 5.56 Å². The Morgan fingerprint density at radius 3 is 2.70 bits per heavy atom. The van der Waals surface area contributed by atoms with Gasteiger partial charge in [-0.1, -0.05) is 35.9 Å². The van der Waals surface area contributed by atoms with E-state index in [-0.39, 0.29) is 12.7 Å². The van der Waals surface area contributed by atoms with Crippen LogP contribution in [0.15, 0.2) is 42.6 Å². The molecule has 2 heterocycles. The first-order chi connectivity index (χ1) is 16.0. The largest absolute Gasteiger partial charge is 0.489 e. The standard InChI is InChI=1S/C26H31ClN4O2/c1-16(2)33-24-13-21(18-8-10-28-11-9-18)17(3)12-23(24)30-26-22(27)14-29-25(31-26)20-7-5-4-6-19(20)15-32/h4-7,12-14,16,18,28,32H,8-11,15H2,1-3H3,(H,29,30,31). The molecule has 0 radical (unpaired) electrons. The Morgan fingerprint density at radius 1 is 1.21 bits per heavy atom. The summed E-state index contributed by atoms with van der Waals surface area (Å²) < 4.78 is 6.20. The third kappa shape index (κ3) is 5.46. The van der Waals surface area contributed by atoms with Crippen LogP contribution in [0, 0.1) is 6.92 Å². The molecule has 7 heteroatoms. The predicted octanol–water partition coefficient (Wildman–Crippen LogP) is 5.60. The van der Waals surface area contributed by atoms with Gasteiger partial charge in [-0.15, -0.1) is 0 Å². The van der Waals surface area contributed by atoms with E-state index in [0.29, 0.717) is 22.6 Å². The van der Waals surface area contributed by atoms with Crippen LogP contribution in [0.2, 0.25) is 5.02 Å². The molecule has 1 aliphatic heterocycles. The highest BCUT2D eigenvalue weighted by Crippen LogP contribution is 2.38. The van der Waals surface area contributed by atoms with Crippen LogP contribution < -0.4 is 15.4 Å². The zero-order valence-corrected chi connectivity index (χ0v) is 20.1. The molecule has 0 unspecified atom stereocenters. The van der Waals surface area contributed by atoms with Crippen LogP contribution in [-0.2, 0) is 6.61 Å². The van der Waals surface area contributed by atoms with Gasteiger partial charge >= 0.3 is 0 Å². The maximum absolute atomic E-state index is 9.71. The van der Waals surface area contributed by atoms with Gasteiger partial charge in [-0.25, -0.2) is 9.97 Å². The first-order valence-corrected chi connectivity index (χ1v) is 11.8. The minimum absolute atomic E-state index is 0.0296. The lowest BCUT2D eigenvalue weighted by Crippen LogP contribution is -2.27. The van der Waals surface area contributed by atoms with Crippen LogP contribution in [0.5, 0.6) is 5.75 Å². The number of aromatic nitrogens is 2. The molecule has 0 spiro atoms. The number of nitrogens with one attached hydrogen (secondary N) is 2. The van der Waals surface area contributed by atoms with Gasteiger partial charge in [0.05, 0.1) is 24.6 Å². The first kappa shape index (κ1) is 23.5. The molecule has 3 aromatic rings. The normalized spacial score (nSPS) is 14.5. The quantitative estimate of drug-likeness (QED) is 0.421. The monoisotopic (exact) mass is 466 g/mol. The highest BCUT2D eigenvalue weighted by molar-refractivity contribution is 6.33. The van der Waals surface area contributed by atoms with Crippen LogP contribution >= 0.6 is 11.6 Å². The van der Waals surface area contributed by atoms with Crippen molar-refractivity contribution in [3.63, 3.8) is 0 Å². The van der Waals surface area contributed by atoms with E-state index in [9.17, 15) is 5.11 Å². The van der Waals surface area contributed by atoms with E-state index < -0.39 is 0 Å². The third-order valence-electron chi connectivity index (χ3n) is 5.94. The lowest BCUT2D eigenvalue weighted by molar-refractivity contribution is 0.243. The average Bonchev–Trinajstić information content (AvgIpc) is 2.82. The molecular weight excluding hydrogens is 436 g/mol. The Hall–Kier alpha value is -2.67. The third-order valence-corrected chi connectivity index (χ3v) is 6.21. The first-order valence-electron chi connectivity index (χ1n) is 11.5. The summed E-state index contributed by atoms with van der Waals surface area (Å²) in [7, 11) is 0. The maximum atomic E-state index is 9.71. The van der Waals surface area contributed by atoms with Gasteiger partial charge in [-0.2, -0.15) is 0 Å². The Morgan fingerprint density at radius 2 is 1.97 bits per heavy atom. The van der Waals surface area contributed by atoms with E-state index in [0.717, 1.165) is 48.5 Å². The van der Waals surface area contributed by atoms with Gasteiger partial charge in [-0.05, 0) is 81.4 Å². The van der Waals surface area contributed by atoms with E-state index in [2.05, 4.69) is 39.7 Å². The second-order valence-electron chi connectivity index (χ2n) is 8.73. The average molecular weight is 467 g/mol. The van der Waals surface area contributed by atoms with E-state index in [4.69, 9.17) is 16.3 Å². The molecule has 4 rings (SSSR count). The van der Waals surface area contributed by atoms with Crippen LogP contribution in [-0.4, -0.2) is 34.3 Å². The van der Waals surface area contributed by atoms with E-state index >= 15 is 0 Å². The molecule has 174 valence electrons. The molecule has 0 bridgehead atoms. The smallest absolute Gasteiger partial charge is 0.161 e. The number of nitrogens with zero attached hydrogens (tertiary/aromatic N) is 2. The van der Waals surface area contributed by atoms with Gasteiger partial charge in [0.25, 0.3) is 0 Å². The fourth-order valence-electron chi connectivity index (χ4n) is 4.31. The second-order valence-corrected chi connectivity index (χ2v) is 9.13. The number of piperidine rings is 1. The Labute approximate surface area is 200 Å². The maximum Gasteiger partial charge on any atom is 0.161 e. The summed E-state index contributed by atoms with van der Waals surface area (Å²) in [6.07, 6.45) is 3.86. The van der Waals surface area contributed by atoms with Crippen LogP contribution in [0.3, 0.4) is 0 Å². The Kier molecular flexibility index (Phi) is 7.48. The summed E-state index contributed by atoms with van der Waals surface area (Å²) in [5.74, 6) is 2.31. The van der Waals surface area contributed by atoms with Crippen molar-refractivity contribution in [3.8, 4) is 17.1 Å². The molecule has 3 N–H and O–H groups in total. The van der Waals surface area contributed by atoms with Crippen LogP contribution in [0.4, 0.5) is 11.5 Å². The molecule has 0 amide bonds. The molecule has 0 aliphatic carbocycles. The molecule has 0 saturated carbocycles. The Balaban J connectivity index is 1.71. The molecule has 2 aromatic carbocycles. The number of ether oxygens (including phenoxy) is 1. The van der Waals surface area contributed by atoms with Gasteiger partial charge < -0.3 is 20.5 Å². The fourth-order valence-corrected chi connectivity index (χ4v) is 4.45. The molecule has 1 fully saturated rings. The zero-order valence-electron chi connectivity index (χ0n) is 19.4. The number of aryl methyl sites for hydroxylation is 1. The van der Waals surface area contributed by atoms with Gasteiger partial charge in [0.1, 0.15) is 10.8 Å². The lowest BCUT2D eigenvalue weighted by Gasteiger charge is -2.26. The molecule has 1 aliphatic rings. The summed E-state index contributed by atoms with van der Waals surface area (Å²) in [6.45, 7) is 8.18. The summed E-state index contributed by atoms with van der Waals surface area (Å²) >= 11 is 6.47. The number of aliphatic hydroxyl groups excluding tert-OH is 1. The van der Waals surface area contributed by atoms with Crippen molar-refractivity contribution in [3.05, 3.63) is 64.3 Å². The van der Waals surface area contributed by atoms with Crippen molar-refractivity contribution in [2.75, 3.05) is 18.4 Å². The SMILES string of the molecule is Cc1cc(Nc2nc(-c3ccccc3CO)ncc2Cl)c(OC(C)C)cc1C1CCNCC1. The number of hydrogen-bond donors (Lipinski definition) is 3. The van der Waals surface area contributed by atoms with Crippen LogP contribution in [0.25, 0.3) is 11.4 Å². The molecule has 0 atom stereocenters. The number of rotatable bonds is 7. The molecule has 6 nitrogen and oxygen atoms in total. The topological polar surface area (TPSA) is 79.3 Å². The van der Waals surface area contributed by atoms with E-state index in [1.54, 1.807) is 6.20 Å². The molecular formula is C26H31ClN4O2. The van der Waals surface area contributed by atoms with Crippen molar-refractivity contribution >= 4 is 23.1 Å². The summed E-state index contributed by atoms with van der Waals surface area (Å²) in [5.41, 5.74) is 4.91. The van der Waals surface area contributed by atoms with Gasteiger partial charge in [0.2, 0.25) is 0 Å². The highest BCUT2D eigenvalue weighted by Gasteiger charge is 2.21. The van der Waals surface area contributed by atoms with E-state index in [1.807, 2.05) is 38.1 Å². The minimum Gasteiger partial charge on any atom is -0.489 e. The van der Waals surface area contributed by atoms with Crippen molar-refractivity contribution in [2.45, 2.75) is 52.2 Å². The summed E-state index contributed by atoms with van der Waals surface area (Å²) in [5, 5.41) is 16.9. The summed E-state index contributed by atoms with van der Waals surface area (Å²) in [6, 6.07) is 11.8. The minimum atomic E-state index is -0.0886. The van der Waals surface area contributed by atoms with Gasteiger partial charge in [0.15, 0.2) is 11.6 Å². The van der Waals surface area contributed by atoms with Crippen molar-refractivity contribution in [2.24, 2.45) is 0 Å². The second kappa shape index (κ2) is 10.5. The predicted molar refractivity (Wildman–Crippen MR) is 133 cm³/mol. The van der Waals surface area contributed by atoms with Crippen LogP contribution in [0.1, 0.15) is 49.3 Å². The molecule has 1 saturated heterocycles. The van der Waals surface area contributed by atoms with Crippen molar-refractivity contribution in [1.82, 2.24) is 15.3 Å². The number of halogens is 1.